The average Bonchev–Trinajstić information content (AvgIpc) is 2.67. The first kappa shape index (κ1) is 9.79. The second-order valence-corrected chi connectivity index (χ2v) is 3.23. The number of pyridine rings is 1. The molecule has 0 spiro atoms. The van der Waals surface area contributed by atoms with Crippen molar-refractivity contribution >= 4 is 0 Å². The van der Waals surface area contributed by atoms with E-state index < -0.39 is 0 Å². The van der Waals surface area contributed by atoms with Gasteiger partial charge in [-0.2, -0.15) is 4.98 Å². The highest BCUT2D eigenvalue weighted by molar-refractivity contribution is 5.52. The fourth-order valence-electron chi connectivity index (χ4n) is 1.28. The summed E-state index contributed by atoms with van der Waals surface area (Å²) in [5, 5.41) is 6.81. The van der Waals surface area contributed by atoms with Crippen molar-refractivity contribution in [2.24, 2.45) is 0 Å². The standard InChI is InChI=1S/C10H12N4O/c1-7-5-8(3-4-12-7)10-13-9(6-11-2)14-15-10/h3-5,11H,6H2,1-2H3. The molecule has 0 saturated heterocycles. The van der Waals surface area contributed by atoms with Crippen LogP contribution < -0.4 is 5.32 Å². The predicted octanol–water partition coefficient (Wildman–Crippen LogP) is 1.16. The third kappa shape index (κ3) is 2.19. The summed E-state index contributed by atoms with van der Waals surface area (Å²) in [5.41, 5.74) is 1.83. The highest BCUT2D eigenvalue weighted by Gasteiger charge is 2.07. The van der Waals surface area contributed by atoms with Crippen LogP contribution in [0, 0.1) is 6.92 Å². The average molecular weight is 204 g/mol. The van der Waals surface area contributed by atoms with Crippen LogP contribution in [0.1, 0.15) is 11.5 Å². The van der Waals surface area contributed by atoms with Crippen LogP contribution >= 0.6 is 0 Å². The zero-order valence-corrected chi connectivity index (χ0v) is 8.69. The Bertz CT molecular complexity index is 452. The third-order valence-corrected chi connectivity index (χ3v) is 1.95. The molecule has 0 saturated carbocycles. The van der Waals surface area contributed by atoms with E-state index in [1.807, 2.05) is 26.1 Å². The van der Waals surface area contributed by atoms with Gasteiger partial charge in [0.25, 0.3) is 5.89 Å². The molecule has 0 bridgehead atoms. The Morgan fingerprint density at radius 3 is 3.07 bits per heavy atom. The van der Waals surface area contributed by atoms with Crippen molar-refractivity contribution in [3.05, 3.63) is 29.8 Å². The molecule has 2 aromatic rings. The minimum atomic E-state index is 0.533. The number of hydrogen-bond donors (Lipinski definition) is 1. The van der Waals surface area contributed by atoms with Crippen LogP contribution in [0.4, 0.5) is 0 Å². The molecule has 78 valence electrons. The van der Waals surface area contributed by atoms with Crippen LogP contribution in [0.3, 0.4) is 0 Å². The van der Waals surface area contributed by atoms with E-state index in [0.717, 1.165) is 11.3 Å². The van der Waals surface area contributed by atoms with E-state index in [9.17, 15) is 0 Å². The Morgan fingerprint density at radius 1 is 1.47 bits per heavy atom. The lowest BCUT2D eigenvalue weighted by Crippen LogP contribution is -2.06. The van der Waals surface area contributed by atoms with Gasteiger partial charge < -0.3 is 9.84 Å². The Morgan fingerprint density at radius 2 is 2.33 bits per heavy atom. The summed E-state index contributed by atoms with van der Waals surface area (Å²) in [6, 6.07) is 3.76. The molecule has 0 aliphatic carbocycles. The Kier molecular flexibility index (Phi) is 2.73. The lowest BCUT2D eigenvalue weighted by Gasteiger charge is -1.94. The number of nitrogens with one attached hydrogen (secondary N) is 1. The van der Waals surface area contributed by atoms with Gasteiger partial charge in [0.05, 0.1) is 6.54 Å². The molecule has 0 aromatic carbocycles. The maximum absolute atomic E-state index is 5.13. The Labute approximate surface area is 87.5 Å². The first-order valence-corrected chi connectivity index (χ1v) is 4.70. The summed E-state index contributed by atoms with van der Waals surface area (Å²) < 4.78 is 5.13. The summed E-state index contributed by atoms with van der Waals surface area (Å²) in [4.78, 5) is 8.35. The van der Waals surface area contributed by atoms with E-state index in [4.69, 9.17) is 4.52 Å². The van der Waals surface area contributed by atoms with Crippen molar-refractivity contribution in [1.82, 2.24) is 20.4 Å². The molecule has 5 heteroatoms. The van der Waals surface area contributed by atoms with Gasteiger partial charge in [-0.3, -0.25) is 4.98 Å². The fraction of sp³-hybridized carbons (Fsp3) is 0.300. The topological polar surface area (TPSA) is 63.8 Å². The molecule has 15 heavy (non-hydrogen) atoms. The predicted molar refractivity (Wildman–Crippen MR) is 55.0 cm³/mol. The summed E-state index contributed by atoms with van der Waals surface area (Å²) in [5.74, 6) is 1.19. The first-order chi connectivity index (χ1) is 7.29. The number of rotatable bonds is 3. The van der Waals surface area contributed by atoms with Gasteiger partial charge in [-0.15, -0.1) is 0 Å². The number of hydrogen-bond acceptors (Lipinski definition) is 5. The maximum atomic E-state index is 5.13. The quantitative estimate of drug-likeness (QED) is 0.812. The molecule has 0 aliphatic rings. The highest BCUT2D eigenvalue weighted by atomic mass is 16.5. The second kappa shape index (κ2) is 4.18. The van der Waals surface area contributed by atoms with Crippen LogP contribution in [-0.2, 0) is 6.54 Å². The molecule has 0 radical (unpaired) electrons. The summed E-state index contributed by atoms with van der Waals surface area (Å²) >= 11 is 0. The maximum Gasteiger partial charge on any atom is 0.258 e. The Balaban J connectivity index is 2.29. The van der Waals surface area contributed by atoms with Crippen molar-refractivity contribution in [3.63, 3.8) is 0 Å². The van der Waals surface area contributed by atoms with E-state index in [2.05, 4.69) is 20.4 Å². The number of nitrogens with zero attached hydrogens (tertiary/aromatic N) is 3. The molecule has 2 rings (SSSR count). The lowest BCUT2D eigenvalue weighted by atomic mass is 10.2. The smallest absolute Gasteiger partial charge is 0.258 e. The minimum absolute atomic E-state index is 0.533. The second-order valence-electron chi connectivity index (χ2n) is 3.23. The highest BCUT2D eigenvalue weighted by Crippen LogP contribution is 2.16. The summed E-state index contributed by atoms with van der Waals surface area (Å²) in [7, 11) is 1.84. The molecule has 5 nitrogen and oxygen atoms in total. The van der Waals surface area contributed by atoms with Gasteiger partial charge in [0.15, 0.2) is 5.82 Å². The van der Waals surface area contributed by atoms with E-state index in [-0.39, 0.29) is 0 Å². The molecule has 0 amide bonds. The van der Waals surface area contributed by atoms with Gasteiger partial charge in [0, 0.05) is 17.5 Å². The molecule has 0 atom stereocenters. The fourth-order valence-corrected chi connectivity index (χ4v) is 1.28. The van der Waals surface area contributed by atoms with E-state index in [0.29, 0.717) is 18.3 Å². The largest absolute Gasteiger partial charge is 0.334 e. The molecular formula is C10H12N4O. The zero-order chi connectivity index (χ0) is 10.7. The first-order valence-electron chi connectivity index (χ1n) is 4.70. The van der Waals surface area contributed by atoms with Crippen molar-refractivity contribution in [2.75, 3.05) is 7.05 Å². The van der Waals surface area contributed by atoms with Gasteiger partial charge >= 0.3 is 0 Å². The van der Waals surface area contributed by atoms with Gasteiger partial charge in [-0.05, 0) is 26.1 Å². The monoisotopic (exact) mass is 204 g/mol. The normalized spacial score (nSPS) is 10.5. The molecule has 0 fully saturated rings. The van der Waals surface area contributed by atoms with Crippen molar-refractivity contribution in [2.45, 2.75) is 13.5 Å². The van der Waals surface area contributed by atoms with E-state index in [1.54, 1.807) is 6.20 Å². The zero-order valence-electron chi connectivity index (χ0n) is 8.69. The summed E-state index contributed by atoms with van der Waals surface area (Å²) in [6.45, 7) is 2.53. The molecule has 1 N–H and O–H groups in total. The van der Waals surface area contributed by atoms with E-state index >= 15 is 0 Å². The minimum Gasteiger partial charge on any atom is -0.334 e. The lowest BCUT2D eigenvalue weighted by molar-refractivity contribution is 0.420. The van der Waals surface area contributed by atoms with Gasteiger partial charge in [0.2, 0.25) is 0 Å². The van der Waals surface area contributed by atoms with Crippen LogP contribution in [0.2, 0.25) is 0 Å². The summed E-state index contributed by atoms with van der Waals surface area (Å²) in [6.07, 6.45) is 1.73. The SMILES string of the molecule is CNCc1noc(-c2ccnc(C)c2)n1. The third-order valence-electron chi connectivity index (χ3n) is 1.95. The van der Waals surface area contributed by atoms with Crippen LogP contribution in [0.25, 0.3) is 11.5 Å². The van der Waals surface area contributed by atoms with Gasteiger partial charge in [0.1, 0.15) is 0 Å². The van der Waals surface area contributed by atoms with Crippen molar-refractivity contribution in [3.8, 4) is 11.5 Å². The number of aryl methyl sites for hydroxylation is 1. The van der Waals surface area contributed by atoms with Crippen LogP contribution in [-0.4, -0.2) is 22.2 Å². The van der Waals surface area contributed by atoms with Crippen molar-refractivity contribution in [1.29, 1.82) is 0 Å². The molecule has 0 unspecified atom stereocenters. The number of aromatic nitrogens is 3. The van der Waals surface area contributed by atoms with Crippen molar-refractivity contribution < 1.29 is 4.52 Å². The van der Waals surface area contributed by atoms with Gasteiger partial charge in [-0.25, -0.2) is 0 Å². The molecule has 2 aromatic heterocycles. The molecular weight excluding hydrogens is 192 g/mol. The van der Waals surface area contributed by atoms with Crippen LogP contribution in [0.15, 0.2) is 22.9 Å². The molecule has 2 heterocycles. The Hall–Kier alpha value is -1.75. The van der Waals surface area contributed by atoms with Gasteiger partial charge in [-0.1, -0.05) is 5.16 Å². The molecule has 0 aliphatic heterocycles. The van der Waals surface area contributed by atoms with E-state index in [1.165, 1.54) is 0 Å². The van der Waals surface area contributed by atoms with Crippen LogP contribution in [0.5, 0.6) is 0 Å².